The minimum absolute atomic E-state index is 0.153. The standard InChI is InChI=1S/C24H31N9O2/c1-15(2)26-22-24-30-29-16(3)32(24)14-19(27-22)23-28-18-12-25-21(31-6-9-34-10-7-31)11-20(18)33(23)13-17-5-4-8-35-17/h11-12,14-15,17H,4-10,13H2,1-3H3,(H,26,27)/t17-/m1/s1. The van der Waals surface area contributed by atoms with E-state index in [9.17, 15) is 0 Å². The smallest absolute Gasteiger partial charge is 0.203 e. The van der Waals surface area contributed by atoms with Gasteiger partial charge >= 0.3 is 0 Å². The summed E-state index contributed by atoms with van der Waals surface area (Å²) >= 11 is 0. The van der Waals surface area contributed by atoms with E-state index in [1.807, 2.05) is 23.7 Å². The Morgan fingerprint density at radius 2 is 2.00 bits per heavy atom. The van der Waals surface area contributed by atoms with Gasteiger partial charge in [0.15, 0.2) is 11.6 Å². The first-order chi connectivity index (χ1) is 17.1. The number of morpholine rings is 1. The summed E-state index contributed by atoms with van der Waals surface area (Å²) < 4.78 is 15.8. The predicted molar refractivity (Wildman–Crippen MR) is 133 cm³/mol. The summed E-state index contributed by atoms with van der Waals surface area (Å²) in [4.78, 5) is 17.0. The second-order valence-corrected chi connectivity index (χ2v) is 9.53. The molecule has 0 saturated carbocycles. The molecule has 0 bridgehead atoms. The fraction of sp³-hybridized carbons (Fsp3) is 0.542. The van der Waals surface area contributed by atoms with Gasteiger partial charge in [0.05, 0.1) is 37.6 Å². The molecule has 1 N–H and O–H groups in total. The molecule has 11 nitrogen and oxygen atoms in total. The normalized spacial score (nSPS) is 18.9. The van der Waals surface area contributed by atoms with E-state index in [-0.39, 0.29) is 12.1 Å². The molecule has 0 unspecified atom stereocenters. The van der Waals surface area contributed by atoms with Crippen molar-refractivity contribution in [2.75, 3.05) is 43.1 Å². The van der Waals surface area contributed by atoms with Crippen molar-refractivity contribution in [3.63, 3.8) is 0 Å². The molecule has 6 heterocycles. The Morgan fingerprint density at radius 1 is 1.14 bits per heavy atom. The number of hydrogen-bond donors (Lipinski definition) is 1. The lowest BCUT2D eigenvalue weighted by Gasteiger charge is -2.27. The van der Waals surface area contributed by atoms with E-state index < -0.39 is 0 Å². The second-order valence-electron chi connectivity index (χ2n) is 9.53. The van der Waals surface area contributed by atoms with Crippen molar-refractivity contribution in [1.82, 2.24) is 34.1 Å². The fourth-order valence-corrected chi connectivity index (χ4v) is 4.84. The Balaban J connectivity index is 1.51. The fourth-order valence-electron chi connectivity index (χ4n) is 4.84. The highest BCUT2D eigenvalue weighted by Gasteiger charge is 2.24. The van der Waals surface area contributed by atoms with Gasteiger partial charge in [-0.1, -0.05) is 0 Å². The number of nitrogens with one attached hydrogen (secondary N) is 1. The van der Waals surface area contributed by atoms with Gasteiger partial charge in [-0.2, -0.15) is 0 Å². The predicted octanol–water partition coefficient (Wildman–Crippen LogP) is 2.68. The minimum Gasteiger partial charge on any atom is -0.378 e. The molecular formula is C24H31N9O2. The van der Waals surface area contributed by atoms with Crippen molar-refractivity contribution < 1.29 is 9.47 Å². The van der Waals surface area contributed by atoms with Gasteiger partial charge < -0.3 is 24.3 Å². The summed E-state index contributed by atoms with van der Waals surface area (Å²) in [6, 6.07) is 2.34. The lowest BCUT2D eigenvalue weighted by atomic mass is 10.2. The third-order valence-electron chi connectivity index (χ3n) is 6.58. The van der Waals surface area contributed by atoms with Gasteiger partial charge in [-0.15, -0.1) is 10.2 Å². The monoisotopic (exact) mass is 477 g/mol. The molecule has 2 aliphatic rings. The van der Waals surface area contributed by atoms with Crippen molar-refractivity contribution in [2.45, 2.75) is 52.3 Å². The van der Waals surface area contributed by atoms with E-state index >= 15 is 0 Å². The molecule has 6 rings (SSSR count). The van der Waals surface area contributed by atoms with Crippen molar-refractivity contribution in [3.05, 3.63) is 24.3 Å². The van der Waals surface area contributed by atoms with Gasteiger partial charge in [-0.3, -0.25) is 4.40 Å². The van der Waals surface area contributed by atoms with E-state index in [4.69, 9.17) is 24.4 Å². The van der Waals surface area contributed by atoms with Gasteiger partial charge in [-0.05, 0) is 33.6 Å². The van der Waals surface area contributed by atoms with Crippen LogP contribution >= 0.6 is 0 Å². The maximum atomic E-state index is 6.02. The molecule has 2 fully saturated rings. The largest absolute Gasteiger partial charge is 0.378 e. The van der Waals surface area contributed by atoms with E-state index in [0.717, 1.165) is 66.7 Å². The van der Waals surface area contributed by atoms with Crippen LogP contribution in [0.5, 0.6) is 0 Å². The Kier molecular flexibility index (Phi) is 5.73. The van der Waals surface area contributed by atoms with Gasteiger partial charge in [0.2, 0.25) is 5.65 Å². The lowest BCUT2D eigenvalue weighted by molar-refractivity contribution is 0.0982. The molecule has 184 valence electrons. The maximum absolute atomic E-state index is 6.02. The van der Waals surface area contributed by atoms with Gasteiger partial charge in [-0.25, -0.2) is 15.0 Å². The van der Waals surface area contributed by atoms with Gasteiger partial charge in [0.25, 0.3) is 0 Å². The van der Waals surface area contributed by atoms with Crippen LogP contribution in [0.2, 0.25) is 0 Å². The number of ether oxygens (including phenoxy) is 2. The molecule has 4 aromatic rings. The number of aromatic nitrogens is 7. The Bertz CT molecular complexity index is 1350. The molecule has 1 atom stereocenters. The van der Waals surface area contributed by atoms with Crippen LogP contribution in [-0.2, 0) is 16.0 Å². The zero-order chi connectivity index (χ0) is 23.9. The van der Waals surface area contributed by atoms with Crippen molar-refractivity contribution in [3.8, 4) is 11.5 Å². The number of fused-ring (bicyclic) bond motifs is 2. The number of imidazole rings is 1. The summed E-state index contributed by atoms with van der Waals surface area (Å²) in [5.74, 6) is 3.23. The van der Waals surface area contributed by atoms with Crippen molar-refractivity contribution in [2.24, 2.45) is 0 Å². The molecule has 0 radical (unpaired) electrons. The van der Waals surface area contributed by atoms with E-state index in [1.165, 1.54) is 0 Å². The van der Waals surface area contributed by atoms with Crippen LogP contribution in [0.25, 0.3) is 28.2 Å². The summed E-state index contributed by atoms with van der Waals surface area (Å²) in [5.41, 5.74) is 3.34. The molecule has 0 aromatic carbocycles. The summed E-state index contributed by atoms with van der Waals surface area (Å²) in [6.07, 6.45) is 6.11. The molecule has 0 spiro atoms. The van der Waals surface area contributed by atoms with Gasteiger partial charge in [0, 0.05) is 38.0 Å². The Morgan fingerprint density at radius 3 is 2.77 bits per heavy atom. The number of nitrogens with zero attached hydrogens (tertiary/aromatic N) is 8. The molecular weight excluding hydrogens is 446 g/mol. The Hall–Kier alpha value is -3.31. The number of anilines is 2. The summed E-state index contributed by atoms with van der Waals surface area (Å²) in [6.45, 7) is 10.7. The summed E-state index contributed by atoms with van der Waals surface area (Å²) in [7, 11) is 0. The van der Waals surface area contributed by atoms with Crippen molar-refractivity contribution in [1.29, 1.82) is 0 Å². The van der Waals surface area contributed by atoms with Crippen LogP contribution in [-0.4, -0.2) is 79.2 Å². The highest BCUT2D eigenvalue weighted by atomic mass is 16.5. The molecule has 0 amide bonds. The molecule has 0 aliphatic carbocycles. The SMILES string of the molecule is Cc1nnc2c(NC(C)C)nc(-c3nc4cnc(N5CCOCC5)cc4n3C[C@H]3CCCO3)cn12. The van der Waals surface area contributed by atoms with Crippen LogP contribution in [0.15, 0.2) is 18.5 Å². The average Bonchev–Trinajstić information content (AvgIpc) is 3.59. The molecule has 2 saturated heterocycles. The zero-order valence-electron chi connectivity index (χ0n) is 20.4. The first kappa shape index (κ1) is 22.2. The second kappa shape index (κ2) is 9.04. The number of aryl methyl sites for hydroxylation is 1. The number of rotatable bonds is 6. The van der Waals surface area contributed by atoms with Crippen LogP contribution in [0.1, 0.15) is 32.5 Å². The Labute approximate surface area is 203 Å². The van der Waals surface area contributed by atoms with E-state index in [2.05, 4.69) is 44.9 Å². The first-order valence-corrected chi connectivity index (χ1v) is 12.4. The van der Waals surface area contributed by atoms with E-state index in [0.29, 0.717) is 31.2 Å². The van der Waals surface area contributed by atoms with Gasteiger partial charge in [0.1, 0.15) is 22.9 Å². The zero-order valence-corrected chi connectivity index (χ0v) is 20.4. The third-order valence-corrected chi connectivity index (χ3v) is 6.58. The quantitative estimate of drug-likeness (QED) is 0.448. The van der Waals surface area contributed by atoms with E-state index in [1.54, 1.807) is 0 Å². The molecule has 4 aromatic heterocycles. The van der Waals surface area contributed by atoms with Crippen LogP contribution in [0.3, 0.4) is 0 Å². The van der Waals surface area contributed by atoms with Crippen LogP contribution in [0.4, 0.5) is 11.6 Å². The topological polar surface area (TPSA) is 108 Å². The first-order valence-electron chi connectivity index (χ1n) is 12.4. The molecule has 35 heavy (non-hydrogen) atoms. The van der Waals surface area contributed by atoms with Crippen LogP contribution in [0, 0.1) is 6.92 Å². The minimum atomic E-state index is 0.153. The third kappa shape index (κ3) is 4.19. The van der Waals surface area contributed by atoms with Crippen LogP contribution < -0.4 is 10.2 Å². The molecule has 11 heteroatoms. The number of hydrogen-bond acceptors (Lipinski definition) is 9. The lowest BCUT2D eigenvalue weighted by Crippen LogP contribution is -2.36. The number of pyridine rings is 1. The highest BCUT2D eigenvalue weighted by Crippen LogP contribution is 2.30. The highest BCUT2D eigenvalue weighted by molar-refractivity contribution is 5.82. The van der Waals surface area contributed by atoms with Crippen molar-refractivity contribution >= 4 is 28.3 Å². The average molecular weight is 478 g/mol. The summed E-state index contributed by atoms with van der Waals surface area (Å²) in [5, 5.41) is 12.0. The maximum Gasteiger partial charge on any atom is 0.203 e. The molecule has 2 aliphatic heterocycles.